The maximum Gasteiger partial charge on any atom is 0.263 e. The Morgan fingerprint density at radius 3 is 2.71 bits per heavy atom. The summed E-state index contributed by atoms with van der Waals surface area (Å²) >= 11 is 1.48. The Kier molecular flexibility index (Phi) is 4.15. The van der Waals surface area contributed by atoms with E-state index >= 15 is 0 Å². The topological polar surface area (TPSA) is 55.1 Å². The number of carbonyl (C=O) groups is 1. The van der Waals surface area contributed by atoms with Crippen LogP contribution in [0.15, 0.2) is 24.3 Å². The summed E-state index contributed by atoms with van der Waals surface area (Å²) in [5, 5.41) is 4.06. The fourth-order valence-electron chi connectivity index (χ4n) is 3.08. The van der Waals surface area contributed by atoms with Gasteiger partial charge in [-0.15, -0.1) is 11.3 Å². The Balaban J connectivity index is 1.65. The number of hydrogen-bond acceptors (Lipinski definition) is 3. The van der Waals surface area contributed by atoms with Gasteiger partial charge in [-0.1, -0.05) is 38.0 Å². The van der Waals surface area contributed by atoms with Gasteiger partial charge in [0.2, 0.25) is 0 Å². The molecule has 0 bridgehead atoms. The minimum atomic E-state index is -0.0210. The number of hydrogen-bond donors (Lipinski definition) is 2. The van der Waals surface area contributed by atoms with E-state index < -0.39 is 0 Å². The van der Waals surface area contributed by atoms with Crippen LogP contribution in [0, 0.1) is 11.8 Å². The van der Waals surface area contributed by atoms with Crippen LogP contribution in [-0.2, 0) is 0 Å². The SMILES string of the molecule is CC1CCC(CNC(=O)c2sc3ccccc3c2N)CC1. The van der Waals surface area contributed by atoms with Crippen LogP contribution in [-0.4, -0.2) is 12.5 Å². The fourth-order valence-corrected chi connectivity index (χ4v) is 4.12. The average molecular weight is 302 g/mol. The molecule has 1 aliphatic carbocycles. The van der Waals surface area contributed by atoms with Gasteiger partial charge in [0.15, 0.2) is 0 Å². The predicted molar refractivity (Wildman–Crippen MR) is 89.7 cm³/mol. The second-order valence-electron chi connectivity index (χ2n) is 6.18. The van der Waals surface area contributed by atoms with Crippen molar-refractivity contribution in [1.29, 1.82) is 0 Å². The van der Waals surface area contributed by atoms with Crippen LogP contribution in [0.25, 0.3) is 10.1 Å². The molecular weight excluding hydrogens is 280 g/mol. The van der Waals surface area contributed by atoms with Crippen LogP contribution in [0.2, 0.25) is 0 Å². The molecule has 0 radical (unpaired) electrons. The van der Waals surface area contributed by atoms with E-state index in [1.807, 2.05) is 24.3 Å². The third-order valence-electron chi connectivity index (χ3n) is 4.53. The van der Waals surface area contributed by atoms with Crippen molar-refractivity contribution >= 4 is 33.0 Å². The zero-order valence-corrected chi connectivity index (χ0v) is 13.2. The summed E-state index contributed by atoms with van der Waals surface area (Å²) in [5.41, 5.74) is 6.73. The molecule has 1 aromatic carbocycles. The highest BCUT2D eigenvalue weighted by Crippen LogP contribution is 2.33. The lowest BCUT2D eigenvalue weighted by molar-refractivity contribution is 0.0947. The number of anilines is 1. The molecule has 3 N–H and O–H groups in total. The number of amides is 1. The van der Waals surface area contributed by atoms with E-state index in [-0.39, 0.29) is 5.91 Å². The van der Waals surface area contributed by atoms with E-state index in [4.69, 9.17) is 5.73 Å². The molecule has 0 atom stereocenters. The van der Waals surface area contributed by atoms with Crippen molar-refractivity contribution in [2.75, 3.05) is 12.3 Å². The number of nitrogen functional groups attached to an aromatic ring is 1. The first-order valence-corrected chi connectivity index (χ1v) is 8.52. The number of carbonyl (C=O) groups excluding carboxylic acids is 1. The van der Waals surface area contributed by atoms with Crippen molar-refractivity contribution in [2.45, 2.75) is 32.6 Å². The molecule has 3 rings (SSSR count). The van der Waals surface area contributed by atoms with Crippen LogP contribution < -0.4 is 11.1 Å². The van der Waals surface area contributed by atoms with Crippen molar-refractivity contribution in [2.24, 2.45) is 11.8 Å². The van der Waals surface area contributed by atoms with Gasteiger partial charge < -0.3 is 11.1 Å². The van der Waals surface area contributed by atoms with Crippen LogP contribution in [0.5, 0.6) is 0 Å². The number of benzene rings is 1. The first-order chi connectivity index (χ1) is 10.1. The molecule has 1 fully saturated rings. The highest BCUT2D eigenvalue weighted by atomic mass is 32.1. The van der Waals surface area contributed by atoms with Gasteiger partial charge in [0.05, 0.1) is 5.69 Å². The highest BCUT2D eigenvalue weighted by molar-refractivity contribution is 7.21. The van der Waals surface area contributed by atoms with E-state index in [9.17, 15) is 4.79 Å². The zero-order valence-electron chi connectivity index (χ0n) is 12.4. The number of nitrogens with two attached hydrogens (primary N) is 1. The molecule has 1 amide bonds. The number of nitrogens with one attached hydrogen (secondary N) is 1. The fraction of sp³-hybridized carbons (Fsp3) is 0.471. The Morgan fingerprint density at radius 1 is 1.29 bits per heavy atom. The van der Waals surface area contributed by atoms with Crippen molar-refractivity contribution in [1.82, 2.24) is 5.32 Å². The average Bonchev–Trinajstić information content (AvgIpc) is 2.84. The monoisotopic (exact) mass is 302 g/mol. The van der Waals surface area contributed by atoms with Crippen molar-refractivity contribution < 1.29 is 4.79 Å². The van der Waals surface area contributed by atoms with Gasteiger partial charge in [-0.25, -0.2) is 0 Å². The summed E-state index contributed by atoms with van der Waals surface area (Å²) in [7, 11) is 0. The maximum absolute atomic E-state index is 12.4. The van der Waals surface area contributed by atoms with Crippen LogP contribution in [0.4, 0.5) is 5.69 Å². The van der Waals surface area contributed by atoms with Gasteiger partial charge >= 0.3 is 0 Å². The van der Waals surface area contributed by atoms with E-state index in [1.54, 1.807) is 0 Å². The van der Waals surface area contributed by atoms with Crippen molar-refractivity contribution in [3.8, 4) is 0 Å². The first-order valence-electron chi connectivity index (χ1n) is 7.70. The van der Waals surface area contributed by atoms with E-state index in [1.165, 1.54) is 37.0 Å². The van der Waals surface area contributed by atoms with Gasteiger partial charge in [0.25, 0.3) is 5.91 Å². The van der Waals surface area contributed by atoms with Gasteiger partial charge in [-0.2, -0.15) is 0 Å². The number of rotatable bonds is 3. The molecule has 0 aliphatic heterocycles. The second kappa shape index (κ2) is 6.06. The van der Waals surface area contributed by atoms with Gasteiger partial charge in [0.1, 0.15) is 4.88 Å². The molecule has 0 spiro atoms. The molecule has 0 unspecified atom stereocenters. The molecular formula is C17H22N2OS. The summed E-state index contributed by atoms with van der Waals surface area (Å²) in [6.45, 7) is 3.09. The summed E-state index contributed by atoms with van der Waals surface area (Å²) in [6, 6.07) is 7.91. The molecule has 1 aromatic heterocycles. The zero-order chi connectivity index (χ0) is 14.8. The lowest BCUT2D eigenvalue weighted by Gasteiger charge is -2.26. The third kappa shape index (κ3) is 3.05. The Morgan fingerprint density at radius 2 is 2.00 bits per heavy atom. The smallest absolute Gasteiger partial charge is 0.263 e. The minimum absolute atomic E-state index is 0.0210. The Bertz CT molecular complexity index is 641. The Hall–Kier alpha value is -1.55. The summed E-state index contributed by atoms with van der Waals surface area (Å²) < 4.78 is 1.08. The third-order valence-corrected chi connectivity index (χ3v) is 5.71. The highest BCUT2D eigenvalue weighted by Gasteiger charge is 2.20. The first kappa shape index (κ1) is 14.4. The van der Waals surface area contributed by atoms with Crippen molar-refractivity contribution in [3.63, 3.8) is 0 Å². The summed E-state index contributed by atoms with van der Waals surface area (Å²) in [4.78, 5) is 13.0. The number of thiophene rings is 1. The molecule has 1 heterocycles. The molecule has 1 saturated carbocycles. The normalized spacial score (nSPS) is 22.3. The van der Waals surface area contributed by atoms with Crippen LogP contribution >= 0.6 is 11.3 Å². The molecule has 112 valence electrons. The molecule has 21 heavy (non-hydrogen) atoms. The second-order valence-corrected chi connectivity index (χ2v) is 7.23. The van der Waals surface area contributed by atoms with Gasteiger partial charge in [-0.05, 0) is 30.7 Å². The van der Waals surface area contributed by atoms with E-state index in [0.29, 0.717) is 16.5 Å². The minimum Gasteiger partial charge on any atom is -0.397 e. The van der Waals surface area contributed by atoms with Crippen LogP contribution in [0.1, 0.15) is 42.3 Å². The molecule has 0 saturated heterocycles. The van der Waals surface area contributed by atoms with Crippen molar-refractivity contribution in [3.05, 3.63) is 29.1 Å². The maximum atomic E-state index is 12.4. The Labute approximate surface area is 129 Å². The molecule has 2 aromatic rings. The largest absolute Gasteiger partial charge is 0.397 e. The summed E-state index contributed by atoms with van der Waals surface area (Å²) in [5.74, 6) is 1.45. The van der Waals surface area contributed by atoms with E-state index in [0.717, 1.165) is 22.5 Å². The lowest BCUT2D eigenvalue weighted by atomic mass is 9.83. The molecule has 3 nitrogen and oxygen atoms in total. The lowest BCUT2D eigenvalue weighted by Crippen LogP contribution is -2.30. The van der Waals surface area contributed by atoms with Crippen LogP contribution in [0.3, 0.4) is 0 Å². The van der Waals surface area contributed by atoms with Gasteiger partial charge in [-0.3, -0.25) is 4.79 Å². The molecule has 4 heteroatoms. The van der Waals surface area contributed by atoms with E-state index in [2.05, 4.69) is 12.2 Å². The van der Waals surface area contributed by atoms with Gasteiger partial charge in [0, 0.05) is 16.6 Å². The standard InChI is InChI=1S/C17H22N2OS/c1-11-6-8-12(9-7-11)10-19-17(20)16-15(18)13-4-2-3-5-14(13)21-16/h2-5,11-12H,6-10,18H2,1H3,(H,19,20). The molecule has 1 aliphatic rings. The quantitative estimate of drug-likeness (QED) is 0.899. The predicted octanol–water partition coefficient (Wildman–Crippen LogP) is 4.04. The summed E-state index contributed by atoms with van der Waals surface area (Å²) in [6.07, 6.45) is 5.02. The number of fused-ring (bicyclic) bond motifs is 1.